The third kappa shape index (κ3) is 8.07. The van der Waals surface area contributed by atoms with Gasteiger partial charge in [0.05, 0.1) is 12.7 Å². The number of hydrogen-bond donors (Lipinski definition) is 1. The van der Waals surface area contributed by atoms with Crippen LogP contribution in [0.5, 0.6) is 5.75 Å². The summed E-state index contributed by atoms with van der Waals surface area (Å²) >= 11 is 0. The van der Waals surface area contributed by atoms with Crippen LogP contribution in [0.4, 0.5) is 4.39 Å². The highest BCUT2D eigenvalue weighted by Gasteiger charge is 2.21. The molecule has 1 N–H and O–H groups in total. The molecule has 2 rings (SSSR count). The lowest BCUT2D eigenvalue weighted by Crippen LogP contribution is -2.47. The van der Waals surface area contributed by atoms with E-state index in [4.69, 9.17) is 14.5 Å². The zero-order valence-electron chi connectivity index (χ0n) is 15.7. The van der Waals surface area contributed by atoms with Crippen LogP contribution in [0.1, 0.15) is 33.1 Å². The van der Waals surface area contributed by atoms with Crippen LogP contribution >= 0.6 is 24.0 Å². The number of nitrogens with one attached hydrogen (secondary N) is 1. The summed E-state index contributed by atoms with van der Waals surface area (Å²) in [6.07, 6.45) is 3.30. The van der Waals surface area contributed by atoms with Gasteiger partial charge in [-0.3, -0.25) is 4.99 Å². The van der Waals surface area contributed by atoms with Crippen molar-refractivity contribution in [2.45, 2.75) is 39.2 Å². The molecule has 1 heterocycles. The number of halogens is 2. The van der Waals surface area contributed by atoms with Crippen molar-refractivity contribution in [2.24, 2.45) is 4.99 Å². The first kappa shape index (κ1) is 23.0. The first-order chi connectivity index (χ1) is 12.2. The van der Waals surface area contributed by atoms with Crippen LogP contribution in [0, 0.1) is 5.82 Å². The summed E-state index contributed by atoms with van der Waals surface area (Å²) in [5.41, 5.74) is 0. The Balaban J connectivity index is 0.00000338. The standard InChI is InChI=1S/C19H30FN3O2.HI/c1-3-21-19(23-13-10-18(11-14-23)24-4-2)22-12-5-15-25-17-8-6-16(20)7-9-17;/h6-9,18H,3-5,10-15H2,1-2H3,(H,21,22);1H. The second kappa shape index (κ2) is 13.1. The first-order valence-electron chi connectivity index (χ1n) is 9.26. The first-order valence-corrected chi connectivity index (χ1v) is 9.26. The zero-order chi connectivity index (χ0) is 17.9. The summed E-state index contributed by atoms with van der Waals surface area (Å²) < 4.78 is 24.2. The maximum absolute atomic E-state index is 12.8. The lowest BCUT2D eigenvalue weighted by atomic mass is 10.1. The molecule has 0 unspecified atom stereocenters. The Bertz CT molecular complexity index is 520. The van der Waals surface area contributed by atoms with Crippen molar-refractivity contribution in [1.29, 1.82) is 0 Å². The molecule has 0 amide bonds. The molecule has 26 heavy (non-hydrogen) atoms. The highest BCUT2D eigenvalue weighted by Crippen LogP contribution is 2.14. The molecule has 148 valence electrons. The van der Waals surface area contributed by atoms with Gasteiger partial charge in [-0.15, -0.1) is 24.0 Å². The van der Waals surface area contributed by atoms with Crippen molar-refractivity contribution < 1.29 is 13.9 Å². The third-order valence-corrected chi connectivity index (χ3v) is 4.13. The molecule has 1 saturated heterocycles. The van der Waals surface area contributed by atoms with Gasteiger partial charge in [-0.05, 0) is 51.0 Å². The van der Waals surface area contributed by atoms with Crippen LogP contribution in [0.2, 0.25) is 0 Å². The molecule has 7 heteroatoms. The van der Waals surface area contributed by atoms with E-state index in [9.17, 15) is 4.39 Å². The van der Waals surface area contributed by atoms with E-state index in [2.05, 4.69) is 17.1 Å². The van der Waals surface area contributed by atoms with E-state index in [1.165, 1.54) is 12.1 Å². The fraction of sp³-hybridized carbons (Fsp3) is 0.632. The van der Waals surface area contributed by atoms with Gasteiger partial charge < -0.3 is 19.7 Å². The molecular formula is C19H31FIN3O2. The quantitative estimate of drug-likeness (QED) is 0.268. The molecule has 0 aliphatic carbocycles. The van der Waals surface area contributed by atoms with Gasteiger partial charge >= 0.3 is 0 Å². The zero-order valence-corrected chi connectivity index (χ0v) is 18.1. The molecule has 0 spiro atoms. The Morgan fingerprint density at radius 3 is 2.54 bits per heavy atom. The number of rotatable bonds is 8. The number of benzene rings is 1. The number of guanidine groups is 1. The lowest BCUT2D eigenvalue weighted by molar-refractivity contribution is 0.0264. The predicted molar refractivity (Wildman–Crippen MR) is 114 cm³/mol. The number of hydrogen-bond acceptors (Lipinski definition) is 3. The maximum Gasteiger partial charge on any atom is 0.193 e. The van der Waals surface area contributed by atoms with Gasteiger partial charge in [0.2, 0.25) is 0 Å². The molecule has 0 saturated carbocycles. The maximum atomic E-state index is 12.8. The fourth-order valence-electron chi connectivity index (χ4n) is 2.87. The number of piperidine rings is 1. The van der Waals surface area contributed by atoms with E-state index in [0.29, 0.717) is 25.0 Å². The summed E-state index contributed by atoms with van der Waals surface area (Å²) in [6.45, 7) is 9.00. The van der Waals surface area contributed by atoms with E-state index >= 15 is 0 Å². The molecule has 0 radical (unpaired) electrons. The topological polar surface area (TPSA) is 46.1 Å². The van der Waals surface area contributed by atoms with E-state index in [-0.39, 0.29) is 29.8 Å². The van der Waals surface area contributed by atoms with Crippen molar-refractivity contribution in [3.63, 3.8) is 0 Å². The highest BCUT2D eigenvalue weighted by molar-refractivity contribution is 14.0. The second-order valence-electron chi connectivity index (χ2n) is 6.03. The van der Waals surface area contributed by atoms with E-state index in [1.807, 2.05) is 6.92 Å². The summed E-state index contributed by atoms with van der Waals surface area (Å²) in [6, 6.07) is 6.10. The van der Waals surface area contributed by atoms with Gasteiger partial charge in [0.1, 0.15) is 11.6 Å². The molecule has 0 bridgehead atoms. The minimum absolute atomic E-state index is 0. The lowest BCUT2D eigenvalue weighted by Gasteiger charge is -2.34. The molecule has 1 aromatic rings. The number of ether oxygens (including phenoxy) is 2. The fourth-order valence-corrected chi connectivity index (χ4v) is 2.87. The van der Waals surface area contributed by atoms with Crippen molar-refractivity contribution in [3.8, 4) is 5.75 Å². The number of aliphatic imine (C=N–C) groups is 1. The van der Waals surface area contributed by atoms with Gasteiger partial charge in [0.15, 0.2) is 5.96 Å². The van der Waals surface area contributed by atoms with Crippen LogP contribution in [0.25, 0.3) is 0 Å². The van der Waals surface area contributed by atoms with Gasteiger partial charge in [-0.25, -0.2) is 4.39 Å². The summed E-state index contributed by atoms with van der Waals surface area (Å²) in [5.74, 6) is 1.41. The van der Waals surface area contributed by atoms with Crippen molar-refractivity contribution in [3.05, 3.63) is 30.1 Å². The number of nitrogens with zero attached hydrogens (tertiary/aromatic N) is 2. The normalized spacial score (nSPS) is 15.5. The highest BCUT2D eigenvalue weighted by atomic mass is 127. The molecule has 5 nitrogen and oxygen atoms in total. The molecule has 0 atom stereocenters. The smallest absolute Gasteiger partial charge is 0.193 e. The Morgan fingerprint density at radius 2 is 1.92 bits per heavy atom. The number of likely N-dealkylation sites (tertiary alicyclic amines) is 1. The Labute approximate surface area is 173 Å². The van der Waals surface area contributed by atoms with Crippen LogP contribution in [0.15, 0.2) is 29.3 Å². The van der Waals surface area contributed by atoms with Crippen molar-refractivity contribution >= 4 is 29.9 Å². The minimum Gasteiger partial charge on any atom is -0.494 e. The SMILES string of the molecule is CCNC(=NCCCOc1ccc(F)cc1)N1CCC(OCC)CC1.I. The van der Waals surface area contributed by atoms with Gasteiger partial charge in [0, 0.05) is 39.2 Å². The van der Waals surface area contributed by atoms with Gasteiger partial charge in [-0.2, -0.15) is 0 Å². The van der Waals surface area contributed by atoms with Crippen LogP contribution in [0.3, 0.4) is 0 Å². The molecule has 1 aliphatic heterocycles. The average molecular weight is 479 g/mol. The summed E-state index contributed by atoms with van der Waals surface area (Å²) in [7, 11) is 0. The minimum atomic E-state index is -0.250. The van der Waals surface area contributed by atoms with Crippen LogP contribution in [-0.4, -0.2) is 56.4 Å². The van der Waals surface area contributed by atoms with E-state index in [0.717, 1.165) is 51.5 Å². The van der Waals surface area contributed by atoms with Gasteiger partial charge in [0.25, 0.3) is 0 Å². The molecule has 1 aromatic carbocycles. The summed E-state index contributed by atoms with van der Waals surface area (Å²) in [4.78, 5) is 7.01. The average Bonchev–Trinajstić information content (AvgIpc) is 2.63. The molecule has 0 aromatic heterocycles. The van der Waals surface area contributed by atoms with Gasteiger partial charge in [-0.1, -0.05) is 0 Å². The summed E-state index contributed by atoms with van der Waals surface area (Å²) in [5, 5.41) is 3.37. The monoisotopic (exact) mass is 479 g/mol. The Hall–Kier alpha value is -1.09. The van der Waals surface area contributed by atoms with E-state index in [1.54, 1.807) is 12.1 Å². The Kier molecular flexibility index (Phi) is 11.6. The third-order valence-electron chi connectivity index (χ3n) is 4.13. The predicted octanol–water partition coefficient (Wildman–Crippen LogP) is 3.68. The molecular weight excluding hydrogens is 448 g/mol. The van der Waals surface area contributed by atoms with Crippen LogP contribution < -0.4 is 10.1 Å². The second-order valence-corrected chi connectivity index (χ2v) is 6.03. The van der Waals surface area contributed by atoms with Crippen molar-refractivity contribution in [2.75, 3.05) is 39.4 Å². The Morgan fingerprint density at radius 1 is 1.23 bits per heavy atom. The van der Waals surface area contributed by atoms with Crippen molar-refractivity contribution in [1.82, 2.24) is 10.2 Å². The van der Waals surface area contributed by atoms with E-state index < -0.39 is 0 Å². The largest absolute Gasteiger partial charge is 0.494 e. The molecule has 1 fully saturated rings. The molecule has 1 aliphatic rings. The van der Waals surface area contributed by atoms with Crippen LogP contribution in [-0.2, 0) is 4.74 Å².